The summed E-state index contributed by atoms with van der Waals surface area (Å²) in [4.78, 5) is 0. The van der Waals surface area contributed by atoms with Crippen molar-refractivity contribution in [3.05, 3.63) is 94.6 Å². The molecule has 0 saturated heterocycles. The molecule has 0 aliphatic rings. The largest absolute Gasteiger partial charge is 0.0999 e. The van der Waals surface area contributed by atoms with Crippen LogP contribution in [-0.4, -0.2) is 0 Å². The van der Waals surface area contributed by atoms with Crippen LogP contribution in [0.2, 0.25) is 0 Å². The highest BCUT2D eigenvalue weighted by Crippen LogP contribution is 2.28. The molecule has 0 nitrogen and oxygen atoms in total. The summed E-state index contributed by atoms with van der Waals surface area (Å²) in [7, 11) is 0. The average Bonchev–Trinajstić information content (AvgIpc) is 2.57. The van der Waals surface area contributed by atoms with Gasteiger partial charge in [-0.25, -0.2) is 0 Å². The first-order chi connectivity index (χ1) is 11.8. The first kappa shape index (κ1) is 19.0. The lowest BCUT2D eigenvalue weighted by Gasteiger charge is -2.18. The van der Waals surface area contributed by atoms with Gasteiger partial charge in [-0.3, -0.25) is 0 Å². The molecule has 2 rings (SSSR count). The third kappa shape index (κ3) is 4.82. The van der Waals surface area contributed by atoms with Crippen LogP contribution in [0.4, 0.5) is 0 Å². The fourth-order valence-electron chi connectivity index (χ4n) is 3.00. The predicted octanol–water partition coefficient (Wildman–Crippen LogP) is 7.09. The lowest BCUT2D eigenvalue weighted by Crippen LogP contribution is -2.05. The van der Waals surface area contributed by atoms with Gasteiger partial charge in [-0.2, -0.15) is 0 Å². The van der Waals surface area contributed by atoms with E-state index in [0.29, 0.717) is 5.92 Å². The van der Waals surface area contributed by atoms with E-state index in [9.17, 15) is 0 Å². The maximum absolute atomic E-state index is 4.30. The van der Waals surface area contributed by atoms with Crippen LogP contribution in [0.15, 0.2) is 61.2 Å². The van der Waals surface area contributed by atoms with Crippen molar-refractivity contribution in [3.8, 4) is 0 Å². The standard InChI is InChI=1S/C25H30/c1-17(2)21(6)16-25-20(5)11-15-24(22(25)7)19(4)10-14-23-12-8-18(3)9-13-23/h8-15,21H,1,4,16H2,2-3,5-7H3/b14-10+. The van der Waals surface area contributed by atoms with E-state index in [1.165, 1.54) is 39.0 Å². The van der Waals surface area contributed by atoms with Crippen molar-refractivity contribution >= 4 is 11.6 Å². The molecule has 1 unspecified atom stereocenters. The summed E-state index contributed by atoms with van der Waals surface area (Å²) in [5, 5.41) is 0. The fraction of sp³-hybridized carbons (Fsp3) is 0.280. The highest BCUT2D eigenvalue weighted by atomic mass is 14.2. The second-order valence-corrected chi connectivity index (χ2v) is 7.25. The molecule has 0 saturated carbocycles. The van der Waals surface area contributed by atoms with Crippen LogP contribution in [0.25, 0.3) is 11.6 Å². The van der Waals surface area contributed by atoms with Crippen molar-refractivity contribution < 1.29 is 0 Å². The molecule has 0 aliphatic heterocycles. The summed E-state index contributed by atoms with van der Waals surface area (Å²) in [6.45, 7) is 19.3. The van der Waals surface area contributed by atoms with Gasteiger partial charge >= 0.3 is 0 Å². The zero-order chi connectivity index (χ0) is 18.6. The van der Waals surface area contributed by atoms with Gasteiger partial charge in [-0.15, -0.1) is 0 Å². The molecular formula is C25H30. The molecule has 0 N–H and O–H groups in total. The molecule has 0 amide bonds. The summed E-state index contributed by atoms with van der Waals surface area (Å²) in [6, 6.07) is 13.0. The lowest BCUT2D eigenvalue weighted by atomic mass is 9.87. The van der Waals surface area contributed by atoms with Crippen molar-refractivity contribution in [3.63, 3.8) is 0 Å². The summed E-state index contributed by atoms with van der Waals surface area (Å²) >= 11 is 0. The summed E-state index contributed by atoms with van der Waals surface area (Å²) in [5.74, 6) is 0.490. The minimum atomic E-state index is 0.490. The van der Waals surface area contributed by atoms with Crippen LogP contribution in [-0.2, 0) is 6.42 Å². The van der Waals surface area contributed by atoms with Crippen LogP contribution in [0.3, 0.4) is 0 Å². The lowest BCUT2D eigenvalue weighted by molar-refractivity contribution is 0.674. The van der Waals surface area contributed by atoms with E-state index >= 15 is 0 Å². The van der Waals surface area contributed by atoms with E-state index in [2.05, 4.69) is 96.3 Å². The van der Waals surface area contributed by atoms with E-state index in [0.717, 1.165) is 12.0 Å². The maximum Gasteiger partial charge on any atom is -0.0158 e. The van der Waals surface area contributed by atoms with Gasteiger partial charge in [-0.1, -0.05) is 79.8 Å². The molecule has 0 fully saturated rings. The molecule has 130 valence electrons. The van der Waals surface area contributed by atoms with Gasteiger partial charge in [0.25, 0.3) is 0 Å². The fourth-order valence-corrected chi connectivity index (χ4v) is 3.00. The van der Waals surface area contributed by atoms with E-state index in [1.807, 2.05) is 0 Å². The molecule has 0 bridgehead atoms. The zero-order valence-electron chi connectivity index (χ0n) is 16.3. The van der Waals surface area contributed by atoms with Gasteiger partial charge in [0.15, 0.2) is 0 Å². The van der Waals surface area contributed by atoms with E-state index in [-0.39, 0.29) is 0 Å². The number of rotatable bonds is 6. The van der Waals surface area contributed by atoms with E-state index in [4.69, 9.17) is 0 Å². The Morgan fingerprint density at radius 3 is 2.24 bits per heavy atom. The topological polar surface area (TPSA) is 0 Å². The van der Waals surface area contributed by atoms with Gasteiger partial charge in [0.2, 0.25) is 0 Å². The Hall–Kier alpha value is -2.34. The van der Waals surface area contributed by atoms with E-state index in [1.54, 1.807) is 0 Å². The Morgan fingerprint density at radius 2 is 1.64 bits per heavy atom. The summed E-state index contributed by atoms with van der Waals surface area (Å²) in [5.41, 5.74) is 10.1. The Labute approximate surface area is 153 Å². The number of benzene rings is 2. The number of hydrogen-bond donors (Lipinski definition) is 0. The van der Waals surface area contributed by atoms with Gasteiger partial charge < -0.3 is 0 Å². The molecule has 0 spiro atoms. The first-order valence-corrected chi connectivity index (χ1v) is 8.98. The quantitative estimate of drug-likeness (QED) is 0.391. The molecule has 0 heteroatoms. The van der Waals surface area contributed by atoms with Gasteiger partial charge in [0.1, 0.15) is 0 Å². The van der Waals surface area contributed by atoms with Crippen molar-refractivity contribution in [2.75, 3.05) is 0 Å². The van der Waals surface area contributed by atoms with Crippen molar-refractivity contribution in [2.45, 2.75) is 41.0 Å². The molecule has 0 aromatic heterocycles. The Bertz CT molecular complexity index is 801. The zero-order valence-corrected chi connectivity index (χ0v) is 16.3. The van der Waals surface area contributed by atoms with Crippen LogP contribution >= 0.6 is 0 Å². The molecule has 0 radical (unpaired) electrons. The van der Waals surface area contributed by atoms with Crippen LogP contribution in [0.5, 0.6) is 0 Å². The van der Waals surface area contributed by atoms with Crippen LogP contribution < -0.4 is 0 Å². The summed E-state index contributed by atoms with van der Waals surface area (Å²) in [6.07, 6.45) is 5.29. The minimum absolute atomic E-state index is 0.490. The SMILES string of the molecule is C=C(/C=C/c1ccc(C)cc1)c1ccc(C)c(CC(C)C(=C)C)c1C. The highest BCUT2D eigenvalue weighted by Gasteiger charge is 2.12. The Morgan fingerprint density at radius 1 is 1.00 bits per heavy atom. The second-order valence-electron chi connectivity index (χ2n) is 7.25. The number of aryl methyl sites for hydroxylation is 2. The smallest absolute Gasteiger partial charge is 0.0158 e. The van der Waals surface area contributed by atoms with Crippen LogP contribution in [0, 0.1) is 26.7 Å². The number of allylic oxidation sites excluding steroid dienone is 3. The third-order valence-corrected chi connectivity index (χ3v) is 5.08. The third-order valence-electron chi connectivity index (χ3n) is 5.08. The van der Waals surface area contributed by atoms with Crippen molar-refractivity contribution in [2.24, 2.45) is 5.92 Å². The van der Waals surface area contributed by atoms with Crippen molar-refractivity contribution in [1.82, 2.24) is 0 Å². The van der Waals surface area contributed by atoms with Gasteiger partial charge in [-0.05, 0) is 73.4 Å². The minimum Gasteiger partial charge on any atom is -0.0999 e. The maximum atomic E-state index is 4.30. The second kappa shape index (κ2) is 8.16. The highest BCUT2D eigenvalue weighted by molar-refractivity contribution is 5.79. The van der Waals surface area contributed by atoms with Crippen molar-refractivity contribution in [1.29, 1.82) is 0 Å². The molecular weight excluding hydrogens is 300 g/mol. The van der Waals surface area contributed by atoms with E-state index < -0.39 is 0 Å². The number of hydrogen-bond acceptors (Lipinski definition) is 0. The summed E-state index contributed by atoms with van der Waals surface area (Å²) < 4.78 is 0. The predicted molar refractivity (Wildman–Crippen MR) is 113 cm³/mol. The molecule has 2 aromatic carbocycles. The Balaban J connectivity index is 2.27. The van der Waals surface area contributed by atoms with Crippen LogP contribution in [0.1, 0.15) is 47.2 Å². The normalized spacial score (nSPS) is 12.4. The van der Waals surface area contributed by atoms with Gasteiger partial charge in [0.05, 0.1) is 0 Å². The molecule has 1 atom stereocenters. The molecule has 2 aromatic rings. The molecule has 25 heavy (non-hydrogen) atoms. The molecule has 0 aliphatic carbocycles. The molecule has 0 heterocycles. The van der Waals surface area contributed by atoms with Gasteiger partial charge in [0, 0.05) is 0 Å². The average molecular weight is 331 g/mol. The first-order valence-electron chi connectivity index (χ1n) is 8.98. The monoisotopic (exact) mass is 330 g/mol. The Kier molecular flexibility index (Phi) is 6.20.